The molecule has 0 aliphatic rings. The van der Waals surface area contributed by atoms with E-state index in [4.69, 9.17) is 22.4 Å². The van der Waals surface area contributed by atoms with Crippen molar-refractivity contribution in [1.29, 1.82) is 15.8 Å². The summed E-state index contributed by atoms with van der Waals surface area (Å²) in [4.78, 5) is 3.17. The zero-order valence-corrected chi connectivity index (χ0v) is 10.3. The van der Waals surface area contributed by atoms with Crippen molar-refractivity contribution in [3.05, 3.63) is 58.3 Å². The second-order valence-corrected chi connectivity index (χ2v) is 3.95. The van der Waals surface area contributed by atoms with Gasteiger partial charge in [-0.05, 0) is 22.1 Å². The van der Waals surface area contributed by atoms with Crippen LogP contribution in [0.15, 0.2) is 36.4 Å². The molecule has 0 saturated carbocycles. The van der Waals surface area contributed by atoms with Gasteiger partial charge in [0.25, 0.3) is 5.70 Å². The topological polar surface area (TPSA) is 75.7 Å². The first-order valence-electron chi connectivity index (χ1n) is 5.59. The van der Waals surface area contributed by atoms with E-state index in [-0.39, 0.29) is 11.3 Å². The fraction of sp³-hybridized carbons (Fsp3) is 0. The van der Waals surface area contributed by atoms with E-state index < -0.39 is 0 Å². The standard InChI is InChI=1S/C16H6N4/c1-20-16(10-19)14-5-4-11-6-13(15(8-17)9-18)3-2-12(11)7-14/h2-7H. The van der Waals surface area contributed by atoms with Crippen LogP contribution >= 0.6 is 0 Å². The monoisotopic (exact) mass is 254 g/mol. The summed E-state index contributed by atoms with van der Waals surface area (Å²) < 4.78 is 0. The Morgan fingerprint density at radius 3 is 1.90 bits per heavy atom. The van der Waals surface area contributed by atoms with E-state index in [1.807, 2.05) is 18.2 Å². The molecule has 4 heteroatoms. The molecular formula is C16H6N4. The molecule has 90 valence electrons. The number of hydrogen-bond acceptors (Lipinski definition) is 3. The Bertz CT molecular complexity index is 871. The van der Waals surface area contributed by atoms with Crippen molar-refractivity contribution < 1.29 is 0 Å². The number of hydrogen-bond donors (Lipinski definition) is 0. The number of rotatable bonds is 0. The van der Waals surface area contributed by atoms with Crippen LogP contribution in [0.2, 0.25) is 0 Å². The Labute approximate surface area is 115 Å². The third-order valence-electron chi connectivity index (χ3n) is 2.84. The minimum Gasteiger partial charge on any atom is -0.226 e. The van der Waals surface area contributed by atoms with E-state index in [1.165, 1.54) is 0 Å². The van der Waals surface area contributed by atoms with Crippen LogP contribution in [0, 0.1) is 40.6 Å². The normalized spacial score (nSPS) is 10.6. The molecule has 0 N–H and O–H groups in total. The van der Waals surface area contributed by atoms with Gasteiger partial charge in [-0.2, -0.15) is 10.5 Å². The average molecular weight is 254 g/mol. The zero-order chi connectivity index (χ0) is 14.5. The molecule has 0 bridgehead atoms. The molecule has 2 aromatic rings. The van der Waals surface area contributed by atoms with E-state index in [9.17, 15) is 0 Å². The molecule has 0 unspecified atom stereocenters. The van der Waals surface area contributed by atoms with Gasteiger partial charge in [-0.3, -0.25) is 0 Å². The van der Waals surface area contributed by atoms with Gasteiger partial charge in [0.15, 0.2) is 0 Å². The molecule has 0 aliphatic carbocycles. The summed E-state index contributed by atoms with van der Waals surface area (Å²) in [5, 5.41) is 29.4. The van der Waals surface area contributed by atoms with Crippen LogP contribution in [0.3, 0.4) is 0 Å². The second-order valence-electron chi connectivity index (χ2n) is 3.95. The van der Waals surface area contributed by atoms with Crippen molar-refractivity contribution in [2.45, 2.75) is 0 Å². The van der Waals surface area contributed by atoms with E-state index >= 15 is 0 Å². The Morgan fingerprint density at radius 2 is 1.40 bits per heavy atom. The Morgan fingerprint density at radius 1 is 0.850 bits per heavy atom. The molecule has 0 fully saturated rings. The molecule has 2 rings (SSSR count). The maximum Gasteiger partial charge on any atom is 0.268 e. The van der Waals surface area contributed by atoms with Gasteiger partial charge in [0, 0.05) is 5.22 Å². The number of fused-ring (bicyclic) bond motifs is 1. The summed E-state index contributed by atoms with van der Waals surface area (Å²) in [5.41, 5.74) is 0.0960. The first-order chi connectivity index (χ1) is 9.73. The fourth-order valence-corrected chi connectivity index (χ4v) is 1.86. The summed E-state index contributed by atoms with van der Waals surface area (Å²) in [6, 6.07) is 15.9. The van der Waals surface area contributed by atoms with Crippen molar-refractivity contribution in [1.82, 2.24) is 0 Å². The Kier molecular flexibility index (Phi) is 3.45. The van der Waals surface area contributed by atoms with Gasteiger partial charge >= 0.3 is 0 Å². The number of nitrogens with zero attached hydrogens (tertiary/aromatic N) is 4. The fourth-order valence-electron chi connectivity index (χ4n) is 1.86. The number of benzene rings is 2. The van der Waals surface area contributed by atoms with Crippen LogP contribution in [0.25, 0.3) is 26.9 Å². The first kappa shape index (κ1) is 12.8. The van der Waals surface area contributed by atoms with E-state index in [0.717, 1.165) is 10.8 Å². The lowest BCUT2D eigenvalue weighted by molar-refractivity contribution is 1.49. The largest absolute Gasteiger partial charge is 0.268 e. The van der Waals surface area contributed by atoms with Gasteiger partial charge in [0.2, 0.25) is 0 Å². The lowest BCUT2D eigenvalue weighted by atomic mass is 10.1. The third-order valence-corrected chi connectivity index (χ3v) is 2.84. The first-order valence-corrected chi connectivity index (χ1v) is 5.59. The predicted octanol–water partition coefficient (Wildman–Crippen LogP) is 1.59. The van der Waals surface area contributed by atoms with Gasteiger partial charge in [0.1, 0.15) is 17.7 Å². The molecule has 0 atom stereocenters. The van der Waals surface area contributed by atoms with Crippen LogP contribution in [0.4, 0.5) is 0 Å². The van der Waals surface area contributed by atoms with Gasteiger partial charge in [-0.25, -0.2) is 10.1 Å². The Hall–Kier alpha value is -3.60. The van der Waals surface area contributed by atoms with Crippen LogP contribution in [0.1, 0.15) is 0 Å². The lowest BCUT2D eigenvalue weighted by Crippen LogP contribution is -2.06. The van der Waals surface area contributed by atoms with Crippen molar-refractivity contribution in [3.8, 4) is 18.2 Å². The van der Waals surface area contributed by atoms with E-state index in [0.29, 0.717) is 10.4 Å². The zero-order valence-electron chi connectivity index (χ0n) is 10.3. The summed E-state index contributed by atoms with van der Waals surface area (Å²) in [6.45, 7) is 6.94. The highest BCUT2D eigenvalue weighted by Crippen LogP contribution is 2.09. The molecule has 0 aliphatic heterocycles. The summed E-state index contributed by atoms with van der Waals surface area (Å²) >= 11 is 0. The highest BCUT2D eigenvalue weighted by molar-refractivity contribution is 5.85. The van der Waals surface area contributed by atoms with Crippen LogP contribution in [-0.4, -0.2) is 0 Å². The molecule has 0 aromatic heterocycles. The van der Waals surface area contributed by atoms with E-state index in [2.05, 4.69) is 4.85 Å². The molecular weight excluding hydrogens is 248 g/mol. The number of nitriles is 3. The van der Waals surface area contributed by atoms with Crippen molar-refractivity contribution in [3.63, 3.8) is 0 Å². The summed E-state index contributed by atoms with van der Waals surface area (Å²) in [7, 11) is 0. The van der Waals surface area contributed by atoms with E-state index in [1.54, 1.807) is 36.4 Å². The van der Waals surface area contributed by atoms with Crippen LogP contribution in [0.5, 0.6) is 0 Å². The molecule has 0 radical (unpaired) electrons. The summed E-state index contributed by atoms with van der Waals surface area (Å²) in [5.74, 6) is 0. The van der Waals surface area contributed by atoms with Crippen molar-refractivity contribution in [2.75, 3.05) is 0 Å². The molecule has 4 nitrogen and oxygen atoms in total. The van der Waals surface area contributed by atoms with Gasteiger partial charge in [-0.1, -0.05) is 30.3 Å². The van der Waals surface area contributed by atoms with Crippen LogP contribution in [-0.2, 0) is 0 Å². The van der Waals surface area contributed by atoms with Crippen LogP contribution < -0.4 is 10.4 Å². The maximum absolute atomic E-state index is 8.86. The predicted molar refractivity (Wildman–Crippen MR) is 73.5 cm³/mol. The Balaban J connectivity index is 2.84. The van der Waals surface area contributed by atoms with Crippen molar-refractivity contribution in [2.24, 2.45) is 0 Å². The smallest absolute Gasteiger partial charge is 0.226 e. The van der Waals surface area contributed by atoms with Gasteiger partial charge in [0.05, 0.1) is 12.6 Å². The SMILES string of the molecule is [C-]#[N+]C(C#N)=c1ccc2cc(=C(C#N)C#N)ccc2c1. The maximum atomic E-state index is 8.86. The quantitative estimate of drug-likeness (QED) is 0.670. The third kappa shape index (κ3) is 2.19. The molecule has 0 saturated heterocycles. The molecule has 0 amide bonds. The molecule has 0 heterocycles. The highest BCUT2D eigenvalue weighted by atomic mass is 14.7. The van der Waals surface area contributed by atoms with Crippen molar-refractivity contribution >= 4 is 22.0 Å². The summed E-state index contributed by atoms with van der Waals surface area (Å²) in [6.07, 6.45) is 0. The molecule has 2 aromatic carbocycles. The molecule has 20 heavy (non-hydrogen) atoms. The minimum atomic E-state index is 0.0391. The van der Waals surface area contributed by atoms with Gasteiger partial charge < -0.3 is 0 Å². The molecule has 0 spiro atoms. The van der Waals surface area contributed by atoms with Gasteiger partial charge in [-0.15, -0.1) is 0 Å². The highest BCUT2D eigenvalue weighted by Gasteiger charge is 1.99. The second kappa shape index (κ2) is 5.36. The lowest BCUT2D eigenvalue weighted by Gasteiger charge is -1.98. The average Bonchev–Trinajstić information content (AvgIpc) is 2.49. The minimum absolute atomic E-state index is 0.0391.